The van der Waals surface area contributed by atoms with E-state index in [0.717, 1.165) is 19.3 Å². The van der Waals surface area contributed by atoms with Crippen LogP contribution in [0, 0.1) is 35.9 Å². The highest BCUT2D eigenvalue weighted by Gasteiger charge is 2.39. The SMILES string of the molecule is Cc1cc(F)c(NC(=O)c2ccnc(C3CC3C#N)c2)cc1-c1ccnc(-c2ccnc(NC(=O)C3CC3)c2)n1. The Bertz CT molecular complexity index is 1700. The molecule has 2 N–H and O–H groups in total. The molecule has 4 aromatic rings. The fourth-order valence-corrected chi connectivity index (χ4v) is 4.56. The van der Waals surface area contributed by atoms with Crippen molar-refractivity contribution in [3.05, 3.63) is 83.7 Å². The number of hydrogen-bond donors (Lipinski definition) is 2. The van der Waals surface area contributed by atoms with Gasteiger partial charge in [-0.3, -0.25) is 14.6 Å². The zero-order chi connectivity index (χ0) is 27.8. The Balaban J connectivity index is 1.25. The molecule has 2 fully saturated rings. The van der Waals surface area contributed by atoms with Crippen molar-refractivity contribution in [3.63, 3.8) is 0 Å². The van der Waals surface area contributed by atoms with Crippen LogP contribution in [0.15, 0.2) is 61.1 Å². The summed E-state index contributed by atoms with van der Waals surface area (Å²) in [6, 6.07) is 13.5. The van der Waals surface area contributed by atoms with Crippen LogP contribution in [0.2, 0.25) is 0 Å². The molecule has 1 aromatic carbocycles. The fraction of sp³-hybridized carbons (Fsp3) is 0.233. The zero-order valence-corrected chi connectivity index (χ0v) is 21.6. The van der Waals surface area contributed by atoms with E-state index in [0.29, 0.717) is 45.3 Å². The molecule has 6 rings (SSSR count). The van der Waals surface area contributed by atoms with E-state index in [2.05, 4.69) is 36.6 Å². The highest BCUT2D eigenvalue weighted by atomic mass is 19.1. The number of nitrogens with zero attached hydrogens (tertiary/aromatic N) is 5. The summed E-state index contributed by atoms with van der Waals surface area (Å²) in [5.41, 5.74) is 3.50. The number of aromatic nitrogens is 4. The number of amides is 2. The van der Waals surface area contributed by atoms with Gasteiger partial charge in [0.25, 0.3) is 5.91 Å². The molecule has 2 amide bonds. The van der Waals surface area contributed by atoms with Gasteiger partial charge in [-0.15, -0.1) is 0 Å². The van der Waals surface area contributed by atoms with Crippen LogP contribution in [0.1, 0.15) is 46.8 Å². The fourth-order valence-electron chi connectivity index (χ4n) is 4.56. The van der Waals surface area contributed by atoms with Gasteiger partial charge in [0, 0.05) is 52.8 Å². The van der Waals surface area contributed by atoms with Gasteiger partial charge < -0.3 is 10.6 Å². The highest BCUT2D eigenvalue weighted by Crippen LogP contribution is 2.46. The van der Waals surface area contributed by atoms with Crippen molar-refractivity contribution in [1.29, 1.82) is 5.26 Å². The summed E-state index contributed by atoms with van der Waals surface area (Å²) >= 11 is 0. The zero-order valence-electron chi connectivity index (χ0n) is 21.6. The standard InChI is InChI=1S/C30H24FN7O2/c1-16-10-23(31)26(37-30(40)19-5-7-33-25(12-19)22-11-20(22)15-32)14-21(16)24-6-9-35-28(36-24)18-4-8-34-27(13-18)38-29(39)17-2-3-17/h4-10,12-14,17,20,22H,2-3,11H2,1H3,(H,37,40)(H,34,38,39). The summed E-state index contributed by atoms with van der Waals surface area (Å²) in [5, 5.41) is 14.6. The summed E-state index contributed by atoms with van der Waals surface area (Å²) in [4.78, 5) is 42.7. The van der Waals surface area contributed by atoms with Gasteiger partial charge in [0.2, 0.25) is 5.91 Å². The summed E-state index contributed by atoms with van der Waals surface area (Å²) in [7, 11) is 0. The van der Waals surface area contributed by atoms with Crippen LogP contribution in [0.4, 0.5) is 15.9 Å². The minimum Gasteiger partial charge on any atom is -0.319 e. The number of carbonyl (C=O) groups is 2. The summed E-state index contributed by atoms with van der Waals surface area (Å²) in [6.07, 6.45) is 7.22. The normalized spacial score (nSPS) is 17.5. The molecule has 2 aliphatic rings. The maximum Gasteiger partial charge on any atom is 0.255 e. The minimum absolute atomic E-state index is 0.0134. The van der Waals surface area contributed by atoms with E-state index >= 15 is 0 Å². The van der Waals surface area contributed by atoms with Gasteiger partial charge in [0.15, 0.2) is 5.82 Å². The van der Waals surface area contributed by atoms with Gasteiger partial charge in [-0.1, -0.05) is 0 Å². The third kappa shape index (κ3) is 5.27. The molecule has 10 heteroatoms. The Hall–Kier alpha value is -5.04. The second kappa shape index (κ2) is 10.3. The van der Waals surface area contributed by atoms with E-state index < -0.39 is 11.7 Å². The Labute approximate surface area is 229 Å². The van der Waals surface area contributed by atoms with E-state index in [1.54, 1.807) is 55.7 Å². The van der Waals surface area contributed by atoms with Gasteiger partial charge in [-0.05, 0) is 74.2 Å². The molecule has 0 spiro atoms. The number of nitriles is 1. The van der Waals surface area contributed by atoms with Crippen LogP contribution in [0.25, 0.3) is 22.6 Å². The molecule has 3 aromatic heterocycles. The molecule has 2 atom stereocenters. The lowest BCUT2D eigenvalue weighted by Gasteiger charge is -2.13. The minimum atomic E-state index is -0.574. The molecular formula is C30H24FN7O2. The maximum atomic E-state index is 15.0. The molecule has 2 aliphatic carbocycles. The van der Waals surface area contributed by atoms with Crippen molar-refractivity contribution >= 4 is 23.3 Å². The van der Waals surface area contributed by atoms with E-state index in [-0.39, 0.29) is 29.3 Å². The Kier molecular flexibility index (Phi) is 6.48. The van der Waals surface area contributed by atoms with Crippen LogP contribution in [-0.4, -0.2) is 31.8 Å². The number of pyridine rings is 2. The molecule has 0 bridgehead atoms. The Morgan fingerprint density at radius 3 is 2.58 bits per heavy atom. The van der Waals surface area contributed by atoms with Crippen LogP contribution in [-0.2, 0) is 4.79 Å². The molecule has 0 aliphatic heterocycles. The average Bonchev–Trinajstić information content (AvgIpc) is 3.89. The first kappa shape index (κ1) is 25.2. The van der Waals surface area contributed by atoms with Crippen LogP contribution >= 0.6 is 0 Å². The molecule has 0 radical (unpaired) electrons. The number of benzene rings is 1. The van der Waals surface area contributed by atoms with Gasteiger partial charge in [0.1, 0.15) is 11.6 Å². The first-order chi connectivity index (χ1) is 19.4. The van der Waals surface area contributed by atoms with E-state index in [9.17, 15) is 14.0 Å². The van der Waals surface area contributed by atoms with Crippen molar-refractivity contribution < 1.29 is 14.0 Å². The number of carbonyl (C=O) groups excluding carboxylic acids is 2. The van der Waals surface area contributed by atoms with Crippen molar-refractivity contribution in [2.24, 2.45) is 11.8 Å². The van der Waals surface area contributed by atoms with E-state index in [4.69, 9.17) is 5.26 Å². The molecule has 9 nitrogen and oxygen atoms in total. The summed E-state index contributed by atoms with van der Waals surface area (Å²) in [5.74, 6) is -0.262. The monoisotopic (exact) mass is 533 g/mol. The van der Waals surface area contributed by atoms with Crippen LogP contribution in [0.5, 0.6) is 0 Å². The summed E-state index contributed by atoms with van der Waals surface area (Å²) in [6.45, 7) is 1.76. The van der Waals surface area contributed by atoms with Crippen LogP contribution < -0.4 is 10.6 Å². The maximum absolute atomic E-state index is 15.0. The molecule has 198 valence electrons. The molecular weight excluding hydrogens is 509 g/mol. The molecule has 3 heterocycles. The average molecular weight is 534 g/mol. The number of hydrogen-bond acceptors (Lipinski definition) is 7. The quantitative estimate of drug-likeness (QED) is 0.330. The Morgan fingerprint density at radius 1 is 1.00 bits per heavy atom. The van der Waals surface area contributed by atoms with Gasteiger partial charge in [0.05, 0.1) is 23.4 Å². The van der Waals surface area contributed by atoms with Crippen molar-refractivity contribution in [2.75, 3.05) is 10.6 Å². The second-order valence-corrected chi connectivity index (χ2v) is 10.1. The lowest BCUT2D eigenvalue weighted by Crippen LogP contribution is -2.14. The lowest BCUT2D eigenvalue weighted by atomic mass is 10.0. The van der Waals surface area contributed by atoms with E-state index in [1.807, 2.05) is 0 Å². The number of nitrogens with one attached hydrogen (secondary N) is 2. The lowest BCUT2D eigenvalue weighted by molar-refractivity contribution is -0.117. The van der Waals surface area contributed by atoms with Gasteiger partial charge in [-0.2, -0.15) is 5.26 Å². The first-order valence-electron chi connectivity index (χ1n) is 13.0. The van der Waals surface area contributed by atoms with Crippen LogP contribution in [0.3, 0.4) is 0 Å². The van der Waals surface area contributed by atoms with Gasteiger partial charge >= 0.3 is 0 Å². The highest BCUT2D eigenvalue weighted by molar-refractivity contribution is 6.04. The molecule has 0 saturated heterocycles. The smallest absolute Gasteiger partial charge is 0.255 e. The molecule has 2 unspecified atom stereocenters. The predicted octanol–water partition coefficient (Wildman–Crippen LogP) is 5.28. The van der Waals surface area contributed by atoms with Crippen molar-refractivity contribution in [2.45, 2.75) is 32.1 Å². The topological polar surface area (TPSA) is 134 Å². The number of rotatable bonds is 7. The van der Waals surface area contributed by atoms with E-state index in [1.165, 1.54) is 12.3 Å². The third-order valence-corrected chi connectivity index (χ3v) is 7.09. The largest absolute Gasteiger partial charge is 0.319 e. The number of anilines is 2. The van der Waals surface area contributed by atoms with Crippen molar-refractivity contribution in [1.82, 2.24) is 19.9 Å². The number of aryl methyl sites for hydroxylation is 1. The third-order valence-electron chi connectivity index (χ3n) is 7.09. The Morgan fingerprint density at radius 2 is 1.80 bits per heavy atom. The molecule has 40 heavy (non-hydrogen) atoms. The van der Waals surface area contributed by atoms with Crippen molar-refractivity contribution in [3.8, 4) is 28.7 Å². The summed E-state index contributed by atoms with van der Waals surface area (Å²) < 4.78 is 15.0. The van der Waals surface area contributed by atoms with Gasteiger partial charge in [-0.25, -0.2) is 19.3 Å². The number of halogens is 1. The molecule has 2 saturated carbocycles. The predicted molar refractivity (Wildman–Crippen MR) is 145 cm³/mol. The second-order valence-electron chi connectivity index (χ2n) is 10.1. The first-order valence-corrected chi connectivity index (χ1v) is 13.0.